The Hall–Kier alpha value is -2.57. The molecule has 4 bridgehead atoms. The number of hydrogen-bond acceptors (Lipinski definition) is 4. The maximum Gasteiger partial charge on any atom is 0.407 e. The molecule has 32 heavy (non-hydrogen) atoms. The number of rotatable bonds is 8. The molecule has 0 spiro atoms. The monoisotopic (exact) mass is 441 g/mol. The van der Waals surface area contributed by atoms with Crippen molar-refractivity contribution in [1.82, 2.24) is 5.32 Å². The van der Waals surface area contributed by atoms with Crippen molar-refractivity contribution >= 4 is 23.6 Å². The lowest BCUT2D eigenvalue weighted by molar-refractivity contribution is -0.123. The molecule has 0 aromatic heterocycles. The molecule has 0 radical (unpaired) electrons. The zero-order chi connectivity index (χ0) is 22.9. The molecule has 0 heterocycles. The molecular weight excluding hydrogens is 406 g/mol. The van der Waals surface area contributed by atoms with E-state index in [0.717, 1.165) is 17.8 Å². The Balaban J connectivity index is 1.39. The van der Waals surface area contributed by atoms with Gasteiger partial charge in [-0.25, -0.2) is 4.79 Å². The minimum atomic E-state index is -1.09. The number of carbonyl (C=O) groups excluding carboxylic acids is 3. The molecule has 0 unspecified atom stereocenters. The van der Waals surface area contributed by atoms with Gasteiger partial charge in [-0.3, -0.25) is 9.59 Å². The fourth-order valence-electron chi connectivity index (χ4n) is 6.44. The largest absolute Gasteiger partial charge is 0.449 e. The second-order valence-electron chi connectivity index (χ2n) is 10.6. The first-order chi connectivity index (χ1) is 15.2. The van der Waals surface area contributed by atoms with Crippen molar-refractivity contribution in [2.24, 2.45) is 29.4 Å². The molecule has 4 aliphatic carbocycles. The van der Waals surface area contributed by atoms with Crippen LogP contribution in [0, 0.1) is 23.7 Å². The molecule has 1 aromatic rings. The zero-order valence-electron chi connectivity index (χ0n) is 19.1. The van der Waals surface area contributed by atoms with Gasteiger partial charge in [-0.05, 0) is 85.3 Å². The summed E-state index contributed by atoms with van der Waals surface area (Å²) >= 11 is 0. The molecule has 7 nitrogen and oxygen atoms in total. The molecule has 4 saturated carbocycles. The van der Waals surface area contributed by atoms with Crippen molar-refractivity contribution in [2.45, 2.75) is 70.3 Å². The van der Waals surface area contributed by atoms with Crippen LogP contribution in [0.2, 0.25) is 0 Å². The number of benzene rings is 1. The van der Waals surface area contributed by atoms with Crippen LogP contribution in [0.5, 0.6) is 0 Å². The lowest BCUT2D eigenvalue weighted by Gasteiger charge is -2.57. The Morgan fingerprint density at radius 1 is 1.03 bits per heavy atom. The number of hydrogen-bond donors (Lipinski definition) is 3. The normalized spacial score (nSPS) is 28.9. The van der Waals surface area contributed by atoms with Crippen LogP contribution in [-0.2, 0) is 19.7 Å². The van der Waals surface area contributed by atoms with Crippen LogP contribution in [0.15, 0.2) is 24.3 Å². The second-order valence-corrected chi connectivity index (χ2v) is 10.6. The lowest BCUT2D eigenvalue weighted by Crippen LogP contribution is -2.48. The van der Waals surface area contributed by atoms with Crippen LogP contribution in [0.4, 0.5) is 10.5 Å². The Morgan fingerprint density at radius 2 is 1.59 bits per heavy atom. The number of amides is 3. The van der Waals surface area contributed by atoms with Crippen LogP contribution >= 0.6 is 0 Å². The molecule has 7 heteroatoms. The first kappa shape index (κ1) is 22.6. The van der Waals surface area contributed by atoms with E-state index in [-0.39, 0.29) is 18.9 Å². The van der Waals surface area contributed by atoms with Gasteiger partial charge in [0.25, 0.3) is 0 Å². The Bertz CT molecular complexity index is 829. The van der Waals surface area contributed by atoms with Crippen LogP contribution in [0.25, 0.3) is 0 Å². The van der Waals surface area contributed by atoms with E-state index in [0.29, 0.717) is 11.1 Å². The molecule has 5 rings (SSSR count). The Labute approximate surface area is 189 Å². The maximum absolute atomic E-state index is 12.7. The predicted octanol–water partition coefficient (Wildman–Crippen LogP) is 3.72. The summed E-state index contributed by atoms with van der Waals surface area (Å²) in [4.78, 5) is 36.1. The zero-order valence-corrected chi connectivity index (χ0v) is 19.1. The Morgan fingerprint density at radius 3 is 2.09 bits per heavy atom. The van der Waals surface area contributed by atoms with E-state index < -0.39 is 23.9 Å². The summed E-state index contributed by atoms with van der Waals surface area (Å²) in [5, 5.41) is 5.25. The number of carbonyl (C=O) groups is 3. The van der Waals surface area contributed by atoms with Crippen LogP contribution in [0.1, 0.15) is 64.4 Å². The number of nitrogens with two attached hydrogens (primary N) is 1. The third-order valence-electron chi connectivity index (χ3n) is 7.36. The summed E-state index contributed by atoms with van der Waals surface area (Å²) in [7, 11) is 0. The van der Waals surface area contributed by atoms with E-state index in [4.69, 9.17) is 10.5 Å². The summed E-state index contributed by atoms with van der Waals surface area (Å²) < 4.78 is 5.07. The molecule has 174 valence electrons. The average molecular weight is 442 g/mol. The van der Waals surface area contributed by atoms with Gasteiger partial charge >= 0.3 is 6.09 Å². The molecule has 3 amide bonds. The van der Waals surface area contributed by atoms with Gasteiger partial charge in [-0.2, -0.15) is 0 Å². The number of alkyl carbamates (subject to hydrolysis) is 1. The summed E-state index contributed by atoms with van der Waals surface area (Å²) in [6, 6.07) is 7.02. The minimum Gasteiger partial charge on any atom is -0.449 e. The smallest absolute Gasteiger partial charge is 0.407 e. The van der Waals surface area contributed by atoms with E-state index in [9.17, 15) is 14.4 Å². The van der Waals surface area contributed by atoms with E-state index in [2.05, 4.69) is 22.8 Å². The highest BCUT2D eigenvalue weighted by Crippen LogP contribution is 2.60. The number of nitrogens with one attached hydrogen (secondary N) is 2. The van der Waals surface area contributed by atoms with Gasteiger partial charge < -0.3 is 21.1 Å². The topological polar surface area (TPSA) is 111 Å². The first-order valence-electron chi connectivity index (χ1n) is 11.9. The highest BCUT2D eigenvalue weighted by molar-refractivity contribution is 5.99. The average Bonchev–Trinajstić information content (AvgIpc) is 2.71. The predicted molar refractivity (Wildman–Crippen MR) is 122 cm³/mol. The van der Waals surface area contributed by atoms with Gasteiger partial charge in [-0.1, -0.05) is 26.0 Å². The van der Waals surface area contributed by atoms with E-state index in [1.807, 2.05) is 26.0 Å². The quantitative estimate of drug-likeness (QED) is 0.571. The Kier molecular flexibility index (Phi) is 6.45. The molecule has 1 aromatic carbocycles. The van der Waals surface area contributed by atoms with Gasteiger partial charge in [0.1, 0.15) is 6.04 Å². The SMILES string of the molecule is CC(C)COC(=O)N[C@@H](CC(N)=O)C(=O)Nc1ccc(C23CC4CC(CC(C4)C2)C3)cc1. The number of anilines is 1. The van der Waals surface area contributed by atoms with E-state index in [1.54, 1.807) is 0 Å². The van der Waals surface area contributed by atoms with Gasteiger partial charge in [0, 0.05) is 5.69 Å². The van der Waals surface area contributed by atoms with Crippen molar-refractivity contribution in [3.63, 3.8) is 0 Å². The van der Waals surface area contributed by atoms with E-state index >= 15 is 0 Å². The summed E-state index contributed by atoms with van der Waals surface area (Å²) in [6.45, 7) is 4.05. The van der Waals surface area contributed by atoms with Crippen molar-refractivity contribution in [2.75, 3.05) is 11.9 Å². The van der Waals surface area contributed by atoms with Crippen molar-refractivity contribution in [3.8, 4) is 0 Å². The molecule has 0 aliphatic heterocycles. The molecule has 4 aliphatic rings. The maximum atomic E-state index is 12.7. The summed E-state index contributed by atoms with van der Waals surface area (Å²) in [6.07, 6.45) is 7.03. The van der Waals surface area contributed by atoms with Crippen molar-refractivity contribution in [3.05, 3.63) is 29.8 Å². The van der Waals surface area contributed by atoms with Crippen molar-refractivity contribution in [1.29, 1.82) is 0 Å². The molecule has 4 N–H and O–H groups in total. The van der Waals surface area contributed by atoms with Gasteiger partial charge in [0.05, 0.1) is 13.0 Å². The fourth-order valence-corrected chi connectivity index (χ4v) is 6.44. The fraction of sp³-hybridized carbons (Fsp3) is 0.640. The summed E-state index contributed by atoms with van der Waals surface area (Å²) in [5.41, 5.74) is 7.58. The molecule has 0 saturated heterocycles. The molecule has 4 fully saturated rings. The highest BCUT2D eigenvalue weighted by Gasteiger charge is 2.51. The van der Waals surface area contributed by atoms with E-state index in [1.165, 1.54) is 44.1 Å². The minimum absolute atomic E-state index is 0.164. The van der Waals surface area contributed by atoms with Crippen LogP contribution in [0.3, 0.4) is 0 Å². The molecule has 1 atom stereocenters. The second kappa shape index (κ2) is 9.12. The molecular formula is C25H35N3O4. The third-order valence-corrected chi connectivity index (χ3v) is 7.36. The van der Waals surface area contributed by atoms with Gasteiger partial charge in [-0.15, -0.1) is 0 Å². The van der Waals surface area contributed by atoms with Crippen LogP contribution in [-0.4, -0.2) is 30.6 Å². The summed E-state index contributed by atoms with van der Waals surface area (Å²) in [5.74, 6) is 1.61. The van der Waals surface area contributed by atoms with Gasteiger partial charge in [0.2, 0.25) is 11.8 Å². The lowest BCUT2D eigenvalue weighted by atomic mass is 9.48. The highest BCUT2D eigenvalue weighted by atomic mass is 16.5. The standard InChI is InChI=1S/C25H35N3O4/c1-15(2)14-32-24(31)28-21(10-22(26)29)23(30)27-20-5-3-19(4-6-20)25-11-16-7-17(12-25)9-18(8-16)13-25/h3-6,15-18,21H,7-14H2,1-2H3,(H2,26,29)(H,27,30)(H,28,31)/t16?,17?,18?,21-,25?/m0/s1. The number of primary amides is 1. The van der Waals surface area contributed by atoms with Crippen molar-refractivity contribution < 1.29 is 19.1 Å². The third kappa shape index (κ3) is 5.08. The van der Waals surface area contributed by atoms with Gasteiger partial charge in [0.15, 0.2) is 0 Å². The van der Waals surface area contributed by atoms with Crippen LogP contribution < -0.4 is 16.4 Å². The first-order valence-corrected chi connectivity index (χ1v) is 11.9. The number of ether oxygens (including phenoxy) is 1.